The third kappa shape index (κ3) is 5.15. The maximum atomic E-state index is 8.55. The molecule has 0 aromatic rings. The fourth-order valence-corrected chi connectivity index (χ4v) is 2.13. The highest BCUT2D eigenvalue weighted by Gasteiger charge is 2.19. The quantitative estimate of drug-likeness (QED) is 0.747. The van der Waals surface area contributed by atoms with Crippen LogP contribution < -0.4 is 5.32 Å². The van der Waals surface area contributed by atoms with Crippen molar-refractivity contribution in [1.82, 2.24) is 10.2 Å². The van der Waals surface area contributed by atoms with E-state index in [4.69, 9.17) is 5.26 Å². The molecule has 0 aromatic heterocycles. The summed E-state index contributed by atoms with van der Waals surface area (Å²) in [6.45, 7) is 8.81. The summed E-state index contributed by atoms with van der Waals surface area (Å²) in [6.07, 6.45) is 3.29. The maximum absolute atomic E-state index is 8.55. The number of nitrogens with one attached hydrogen (secondary N) is 1. The van der Waals surface area contributed by atoms with Crippen LogP contribution in [0.5, 0.6) is 0 Å². The standard InChI is InChI=1S/C12H23N3/c1-11(2)14-9-12-5-3-7-15(10-12)8-4-6-13/h11-12,14H,3-5,7-10H2,1-2H3. The molecule has 1 heterocycles. The summed E-state index contributed by atoms with van der Waals surface area (Å²) in [4.78, 5) is 2.43. The first kappa shape index (κ1) is 12.5. The van der Waals surface area contributed by atoms with Gasteiger partial charge in [0.05, 0.1) is 6.07 Å². The lowest BCUT2D eigenvalue weighted by Gasteiger charge is -2.32. The predicted molar refractivity (Wildman–Crippen MR) is 62.5 cm³/mol. The van der Waals surface area contributed by atoms with E-state index in [0.717, 1.165) is 19.0 Å². The molecular weight excluding hydrogens is 186 g/mol. The second-order valence-corrected chi connectivity index (χ2v) is 4.78. The van der Waals surface area contributed by atoms with Gasteiger partial charge in [-0.3, -0.25) is 0 Å². The normalized spacial score (nSPS) is 22.9. The van der Waals surface area contributed by atoms with Crippen molar-refractivity contribution in [3.63, 3.8) is 0 Å². The number of hydrogen-bond donors (Lipinski definition) is 1. The summed E-state index contributed by atoms with van der Waals surface area (Å²) in [5, 5.41) is 12.1. The summed E-state index contributed by atoms with van der Waals surface area (Å²) in [5.41, 5.74) is 0. The van der Waals surface area contributed by atoms with Crippen LogP contribution >= 0.6 is 0 Å². The number of likely N-dealkylation sites (tertiary alicyclic amines) is 1. The Bertz CT molecular complexity index is 207. The van der Waals surface area contributed by atoms with E-state index in [-0.39, 0.29) is 0 Å². The highest BCUT2D eigenvalue weighted by Crippen LogP contribution is 2.15. The van der Waals surface area contributed by atoms with Crippen molar-refractivity contribution in [2.75, 3.05) is 26.2 Å². The van der Waals surface area contributed by atoms with Gasteiger partial charge in [0, 0.05) is 25.6 Å². The average Bonchev–Trinajstić information content (AvgIpc) is 2.24. The molecule has 15 heavy (non-hydrogen) atoms. The molecule has 0 aliphatic carbocycles. The Hall–Kier alpha value is -0.590. The molecule has 1 rings (SSSR count). The zero-order valence-corrected chi connectivity index (χ0v) is 10.00. The molecule has 3 nitrogen and oxygen atoms in total. The van der Waals surface area contributed by atoms with Gasteiger partial charge >= 0.3 is 0 Å². The summed E-state index contributed by atoms with van der Waals surface area (Å²) in [7, 11) is 0. The SMILES string of the molecule is CC(C)NCC1CCCN(CCC#N)C1. The van der Waals surface area contributed by atoms with Crippen molar-refractivity contribution in [2.24, 2.45) is 5.92 Å². The minimum atomic E-state index is 0.583. The van der Waals surface area contributed by atoms with E-state index in [1.54, 1.807) is 0 Å². The molecule has 0 saturated carbocycles. The lowest BCUT2D eigenvalue weighted by Crippen LogP contribution is -2.41. The third-order valence-electron chi connectivity index (χ3n) is 2.96. The van der Waals surface area contributed by atoms with E-state index >= 15 is 0 Å². The van der Waals surface area contributed by atoms with Crippen molar-refractivity contribution in [1.29, 1.82) is 5.26 Å². The van der Waals surface area contributed by atoms with Gasteiger partial charge in [-0.05, 0) is 31.8 Å². The largest absolute Gasteiger partial charge is 0.314 e. The van der Waals surface area contributed by atoms with Crippen molar-refractivity contribution < 1.29 is 0 Å². The van der Waals surface area contributed by atoms with Crippen molar-refractivity contribution in [2.45, 2.75) is 39.2 Å². The van der Waals surface area contributed by atoms with Gasteiger partial charge in [-0.2, -0.15) is 5.26 Å². The van der Waals surface area contributed by atoms with Gasteiger partial charge in [0.1, 0.15) is 0 Å². The molecule has 1 fully saturated rings. The van der Waals surface area contributed by atoms with Gasteiger partial charge in [0.2, 0.25) is 0 Å². The third-order valence-corrected chi connectivity index (χ3v) is 2.96. The highest BCUT2D eigenvalue weighted by molar-refractivity contribution is 4.78. The molecule has 1 unspecified atom stereocenters. The summed E-state index contributed by atoms with van der Waals surface area (Å²) < 4.78 is 0. The van der Waals surface area contributed by atoms with Crippen LogP contribution in [-0.2, 0) is 0 Å². The minimum Gasteiger partial charge on any atom is -0.314 e. The van der Waals surface area contributed by atoms with E-state index in [9.17, 15) is 0 Å². The van der Waals surface area contributed by atoms with Gasteiger partial charge in [0.15, 0.2) is 0 Å². The Morgan fingerprint density at radius 3 is 3.00 bits per heavy atom. The second-order valence-electron chi connectivity index (χ2n) is 4.78. The fourth-order valence-electron chi connectivity index (χ4n) is 2.13. The van der Waals surface area contributed by atoms with Crippen LogP contribution in [0.15, 0.2) is 0 Å². The fraction of sp³-hybridized carbons (Fsp3) is 0.917. The van der Waals surface area contributed by atoms with Crippen LogP contribution in [-0.4, -0.2) is 37.1 Å². The van der Waals surface area contributed by atoms with Gasteiger partial charge in [-0.1, -0.05) is 13.8 Å². The van der Waals surface area contributed by atoms with Crippen molar-refractivity contribution in [3.05, 3.63) is 0 Å². The van der Waals surface area contributed by atoms with Crippen LogP contribution in [0.25, 0.3) is 0 Å². The van der Waals surface area contributed by atoms with Crippen molar-refractivity contribution in [3.8, 4) is 6.07 Å². The van der Waals surface area contributed by atoms with Crippen molar-refractivity contribution >= 4 is 0 Å². The first-order chi connectivity index (χ1) is 7.22. The van der Waals surface area contributed by atoms with Gasteiger partial charge in [-0.15, -0.1) is 0 Å². The summed E-state index contributed by atoms with van der Waals surface area (Å²) in [6, 6.07) is 2.81. The molecule has 0 aromatic carbocycles. The highest BCUT2D eigenvalue weighted by atomic mass is 15.1. The van der Waals surface area contributed by atoms with Gasteiger partial charge < -0.3 is 10.2 Å². The number of hydrogen-bond acceptors (Lipinski definition) is 3. The molecule has 0 radical (unpaired) electrons. The summed E-state index contributed by atoms with van der Waals surface area (Å²) in [5.74, 6) is 0.778. The summed E-state index contributed by atoms with van der Waals surface area (Å²) >= 11 is 0. The molecule has 1 N–H and O–H groups in total. The molecule has 0 amide bonds. The van der Waals surface area contributed by atoms with Crippen LogP contribution in [0, 0.1) is 17.2 Å². The Balaban J connectivity index is 2.20. The van der Waals surface area contributed by atoms with E-state index in [1.807, 2.05) is 0 Å². The number of rotatable bonds is 5. The lowest BCUT2D eigenvalue weighted by atomic mass is 9.97. The first-order valence-corrected chi connectivity index (χ1v) is 6.05. The smallest absolute Gasteiger partial charge is 0.0635 e. The molecule has 0 spiro atoms. The molecule has 1 atom stereocenters. The Morgan fingerprint density at radius 1 is 1.53 bits per heavy atom. The Morgan fingerprint density at radius 2 is 2.33 bits per heavy atom. The zero-order valence-electron chi connectivity index (χ0n) is 10.00. The predicted octanol–water partition coefficient (Wildman–Crippen LogP) is 1.61. The monoisotopic (exact) mass is 209 g/mol. The number of piperidine rings is 1. The topological polar surface area (TPSA) is 39.1 Å². The van der Waals surface area contributed by atoms with Crippen LogP contribution in [0.2, 0.25) is 0 Å². The Kier molecular flexibility index (Phi) is 5.67. The first-order valence-electron chi connectivity index (χ1n) is 6.05. The maximum Gasteiger partial charge on any atom is 0.0635 e. The number of nitriles is 1. The van der Waals surface area contributed by atoms with Gasteiger partial charge in [-0.25, -0.2) is 0 Å². The molecule has 1 aliphatic rings. The van der Waals surface area contributed by atoms with E-state index in [1.165, 1.54) is 25.9 Å². The zero-order chi connectivity index (χ0) is 11.1. The molecular formula is C12H23N3. The second kappa shape index (κ2) is 6.81. The van der Waals surface area contributed by atoms with E-state index in [2.05, 4.69) is 30.1 Å². The van der Waals surface area contributed by atoms with Crippen LogP contribution in [0.4, 0.5) is 0 Å². The molecule has 3 heteroatoms. The number of nitrogens with zero attached hydrogens (tertiary/aromatic N) is 2. The van der Waals surface area contributed by atoms with E-state index < -0.39 is 0 Å². The average molecular weight is 209 g/mol. The minimum absolute atomic E-state index is 0.583. The molecule has 86 valence electrons. The van der Waals surface area contributed by atoms with E-state index in [0.29, 0.717) is 12.5 Å². The molecule has 1 aliphatic heterocycles. The lowest BCUT2D eigenvalue weighted by molar-refractivity contribution is 0.174. The van der Waals surface area contributed by atoms with Crippen LogP contribution in [0.3, 0.4) is 0 Å². The van der Waals surface area contributed by atoms with Gasteiger partial charge in [0.25, 0.3) is 0 Å². The molecule has 0 bridgehead atoms. The molecule has 1 saturated heterocycles. The Labute approximate surface area is 93.5 Å². The van der Waals surface area contributed by atoms with Crippen LogP contribution in [0.1, 0.15) is 33.1 Å².